The first kappa shape index (κ1) is 17.2. The van der Waals surface area contributed by atoms with Gasteiger partial charge in [0.2, 0.25) is 11.9 Å². The quantitative estimate of drug-likeness (QED) is 0.812. The normalized spacial score (nSPS) is 33.3. The Balaban J connectivity index is 1.48. The number of amides is 1. The van der Waals surface area contributed by atoms with Gasteiger partial charge < -0.3 is 14.9 Å². The number of rotatable bonds is 2. The fourth-order valence-electron chi connectivity index (χ4n) is 4.72. The van der Waals surface area contributed by atoms with E-state index in [1.807, 2.05) is 0 Å². The first-order valence-electron chi connectivity index (χ1n) is 9.29. The highest BCUT2D eigenvalue weighted by atomic mass is 79.9. The summed E-state index contributed by atoms with van der Waals surface area (Å²) in [6.07, 6.45) is 9.75. The van der Waals surface area contributed by atoms with Crippen molar-refractivity contribution in [2.45, 2.75) is 57.1 Å². The molecule has 25 heavy (non-hydrogen) atoms. The second-order valence-electron chi connectivity index (χ2n) is 7.72. The van der Waals surface area contributed by atoms with Gasteiger partial charge in [0.15, 0.2) is 0 Å². The van der Waals surface area contributed by atoms with Gasteiger partial charge in [-0.3, -0.25) is 4.79 Å². The number of halogens is 1. The van der Waals surface area contributed by atoms with Crippen molar-refractivity contribution in [1.82, 2.24) is 14.9 Å². The lowest BCUT2D eigenvalue weighted by molar-refractivity contribution is -0.139. The minimum Gasteiger partial charge on any atom is -0.393 e. The van der Waals surface area contributed by atoms with E-state index < -0.39 is 0 Å². The molecule has 3 fully saturated rings. The summed E-state index contributed by atoms with van der Waals surface area (Å²) in [5, 5.41) is 9.73. The van der Waals surface area contributed by atoms with Gasteiger partial charge in [0.25, 0.3) is 0 Å². The second-order valence-corrected chi connectivity index (χ2v) is 8.63. The number of likely N-dealkylation sites (tertiary alicyclic amines) is 1. The van der Waals surface area contributed by atoms with Crippen LogP contribution in [0.3, 0.4) is 0 Å². The molecule has 1 saturated carbocycles. The highest BCUT2D eigenvalue weighted by Gasteiger charge is 2.50. The van der Waals surface area contributed by atoms with Crippen LogP contribution in [-0.2, 0) is 4.79 Å². The molecule has 1 N–H and O–H groups in total. The second kappa shape index (κ2) is 6.83. The van der Waals surface area contributed by atoms with Crippen molar-refractivity contribution in [2.75, 3.05) is 24.5 Å². The van der Waals surface area contributed by atoms with Gasteiger partial charge in [0.05, 0.1) is 16.0 Å². The van der Waals surface area contributed by atoms with Crippen molar-refractivity contribution in [2.24, 2.45) is 5.41 Å². The average molecular weight is 409 g/mol. The predicted molar refractivity (Wildman–Crippen MR) is 98.2 cm³/mol. The van der Waals surface area contributed by atoms with E-state index in [0.717, 1.165) is 69.1 Å². The largest absolute Gasteiger partial charge is 0.393 e. The first-order chi connectivity index (χ1) is 12.1. The summed E-state index contributed by atoms with van der Waals surface area (Å²) in [4.78, 5) is 26.4. The van der Waals surface area contributed by atoms with Crippen molar-refractivity contribution in [1.29, 1.82) is 0 Å². The standard InChI is InChI=1S/C18H25BrN4O2/c19-13-10-20-17(21-11-13)22-8-1-6-18(12-22)7-9-23(16(18)25)14-2-4-15(24)5-3-14/h10-11,14-15,24H,1-9,12H2/t14-,15+,18-/m1/s1. The Labute approximate surface area is 156 Å². The number of anilines is 1. The lowest BCUT2D eigenvalue weighted by atomic mass is 9.78. The van der Waals surface area contributed by atoms with Crippen LogP contribution in [0.2, 0.25) is 0 Å². The Morgan fingerprint density at radius 2 is 1.84 bits per heavy atom. The van der Waals surface area contributed by atoms with Gasteiger partial charge in [-0.2, -0.15) is 0 Å². The van der Waals surface area contributed by atoms with Crippen molar-refractivity contribution >= 4 is 27.8 Å². The van der Waals surface area contributed by atoms with Crippen molar-refractivity contribution in [3.63, 3.8) is 0 Å². The SMILES string of the molecule is O=C1N([C@H]2CC[C@@H](O)CC2)CC[C@@]12CCCN(c1ncc(Br)cn1)C2. The van der Waals surface area contributed by atoms with Crippen LogP contribution in [0.25, 0.3) is 0 Å². The molecule has 2 saturated heterocycles. The van der Waals surface area contributed by atoms with Gasteiger partial charge in [-0.05, 0) is 60.9 Å². The number of nitrogens with zero attached hydrogens (tertiary/aromatic N) is 4. The number of hydrogen-bond acceptors (Lipinski definition) is 5. The number of hydrogen-bond donors (Lipinski definition) is 1. The molecule has 1 spiro atoms. The Kier molecular flexibility index (Phi) is 4.71. The molecule has 1 atom stereocenters. The molecule has 1 aromatic rings. The zero-order chi connectivity index (χ0) is 17.4. The fraction of sp³-hybridized carbons (Fsp3) is 0.722. The van der Waals surface area contributed by atoms with Crippen LogP contribution in [0.15, 0.2) is 16.9 Å². The van der Waals surface area contributed by atoms with E-state index in [4.69, 9.17) is 0 Å². The summed E-state index contributed by atoms with van der Waals surface area (Å²) in [5.74, 6) is 1.03. The molecule has 0 radical (unpaired) electrons. The third-order valence-corrected chi connectivity index (χ3v) is 6.53. The summed E-state index contributed by atoms with van der Waals surface area (Å²) in [6.45, 7) is 2.49. The molecule has 3 aliphatic rings. The van der Waals surface area contributed by atoms with E-state index >= 15 is 0 Å². The molecule has 7 heteroatoms. The molecule has 6 nitrogen and oxygen atoms in total. The predicted octanol–water partition coefficient (Wildman–Crippen LogP) is 2.36. The van der Waals surface area contributed by atoms with E-state index in [-0.39, 0.29) is 11.5 Å². The third-order valence-electron chi connectivity index (χ3n) is 6.12. The van der Waals surface area contributed by atoms with Gasteiger partial charge in [-0.1, -0.05) is 0 Å². The fourth-order valence-corrected chi connectivity index (χ4v) is 4.92. The minimum atomic E-state index is -0.273. The van der Waals surface area contributed by atoms with E-state index in [1.54, 1.807) is 12.4 Å². The van der Waals surface area contributed by atoms with Crippen LogP contribution >= 0.6 is 15.9 Å². The summed E-state index contributed by atoms with van der Waals surface area (Å²) in [7, 11) is 0. The molecule has 3 heterocycles. The van der Waals surface area contributed by atoms with Gasteiger partial charge in [0.1, 0.15) is 0 Å². The number of carbonyl (C=O) groups excluding carboxylic acids is 1. The van der Waals surface area contributed by atoms with Gasteiger partial charge in [-0.15, -0.1) is 0 Å². The smallest absolute Gasteiger partial charge is 0.230 e. The molecule has 1 aliphatic carbocycles. The molecular weight excluding hydrogens is 384 g/mol. The maximum absolute atomic E-state index is 13.3. The monoisotopic (exact) mass is 408 g/mol. The maximum atomic E-state index is 13.3. The summed E-state index contributed by atoms with van der Waals surface area (Å²) in [5.41, 5.74) is -0.273. The van der Waals surface area contributed by atoms with Crippen LogP contribution in [0.4, 0.5) is 5.95 Å². The first-order valence-corrected chi connectivity index (χ1v) is 10.1. The summed E-state index contributed by atoms with van der Waals surface area (Å²) < 4.78 is 0.866. The van der Waals surface area contributed by atoms with Crippen LogP contribution < -0.4 is 4.90 Å². The molecule has 136 valence electrons. The van der Waals surface area contributed by atoms with Gasteiger partial charge in [0, 0.05) is 38.1 Å². The zero-order valence-electron chi connectivity index (χ0n) is 14.4. The molecule has 4 rings (SSSR count). The lowest BCUT2D eigenvalue weighted by Gasteiger charge is -2.40. The maximum Gasteiger partial charge on any atom is 0.230 e. The summed E-state index contributed by atoms with van der Waals surface area (Å²) in [6, 6.07) is 0.314. The molecular formula is C18H25BrN4O2. The topological polar surface area (TPSA) is 69.6 Å². The molecule has 0 aromatic carbocycles. The molecule has 1 amide bonds. The van der Waals surface area contributed by atoms with Crippen LogP contribution in [0, 0.1) is 5.41 Å². The number of aromatic nitrogens is 2. The Morgan fingerprint density at radius 1 is 1.12 bits per heavy atom. The number of aliphatic hydroxyl groups excluding tert-OH is 1. The van der Waals surface area contributed by atoms with E-state index in [0.29, 0.717) is 17.9 Å². The number of piperidine rings is 1. The average Bonchev–Trinajstić information content (AvgIpc) is 2.93. The molecule has 0 bridgehead atoms. The zero-order valence-corrected chi connectivity index (χ0v) is 16.0. The van der Waals surface area contributed by atoms with E-state index in [1.165, 1.54) is 0 Å². The van der Waals surface area contributed by atoms with Crippen LogP contribution in [0.1, 0.15) is 44.9 Å². The lowest BCUT2D eigenvalue weighted by Crippen LogP contribution is -2.50. The van der Waals surface area contributed by atoms with E-state index in [2.05, 4.69) is 35.7 Å². The van der Waals surface area contributed by atoms with Gasteiger partial charge in [-0.25, -0.2) is 9.97 Å². The van der Waals surface area contributed by atoms with Crippen molar-refractivity contribution in [3.05, 3.63) is 16.9 Å². The summed E-state index contributed by atoms with van der Waals surface area (Å²) >= 11 is 3.37. The molecule has 1 aromatic heterocycles. The number of carbonyl (C=O) groups is 1. The number of aliphatic hydroxyl groups is 1. The van der Waals surface area contributed by atoms with Crippen LogP contribution in [0.5, 0.6) is 0 Å². The third kappa shape index (κ3) is 3.28. The highest BCUT2D eigenvalue weighted by molar-refractivity contribution is 9.10. The van der Waals surface area contributed by atoms with Crippen molar-refractivity contribution < 1.29 is 9.90 Å². The van der Waals surface area contributed by atoms with E-state index in [9.17, 15) is 9.90 Å². The molecule has 0 unspecified atom stereocenters. The van der Waals surface area contributed by atoms with Gasteiger partial charge >= 0.3 is 0 Å². The molecule has 2 aliphatic heterocycles. The minimum absolute atomic E-state index is 0.178. The Morgan fingerprint density at radius 3 is 2.56 bits per heavy atom. The Hall–Kier alpha value is -1.21. The Bertz CT molecular complexity index is 632. The van der Waals surface area contributed by atoms with Crippen LogP contribution in [-0.4, -0.2) is 57.7 Å². The van der Waals surface area contributed by atoms with Crippen molar-refractivity contribution in [3.8, 4) is 0 Å². The highest BCUT2D eigenvalue weighted by Crippen LogP contribution is 2.43.